The molecule has 1 atom stereocenters. The molecule has 3 nitrogen and oxygen atoms in total. The fourth-order valence-electron chi connectivity index (χ4n) is 1.66. The van der Waals surface area contributed by atoms with Gasteiger partial charge in [0.05, 0.1) is 11.4 Å². The van der Waals surface area contributed by atoms with Gasteiger partial charge >= 0.3 is 0 Å². The second-order valence-corrected chi connectivity index (χ2v) is 6.27. The molecule has 1 aliphatic rings. The van der Waals surface area contributed by atoms with E-state index < -0.39 is 9.84 Å². The third-order valence-corrected chi connectivity index (χ3v) is 5.07. The van der Waals surface area contributed by atoms with Crippen molar-refractivity contribution in [1.82, 2.24) is 0 Å². The summed E-state index contributed by atoms with van der Waals surface area (Å²) < 4.78 is 24.3. The first-order valence-electron chi connectivity index (χ1n) is 4.28. The van der Waals surface area contributed by atoms with Crippen LogP contribution in [-0.2, 0) is 9.84 Å². The summed E-state index contributed by atoms with van der Waals surface area (Å²) in [7, 11) is -3.13. The highest BCUT2D eigenvalue weighted by Crippen LogP contribution is 2.34. The van der Waals surface area contributed by atoms with Crippen molar-refractivity contribution in [3.8, 4) is 0 Å². The fourth-order valence-corrected chi connectivity index (χ4v) is 4.50. The first-order chi connectivity index (χ1) is 6.50. The molecule has 1 heterocycles. The minimum atomic E-state index is -3.13. The van der Waals surface area contributed by atoms with Gasteiger partial charge in [-0.15, -0.1) is 0 Å². The van der Waals surface area contributed by atoms with Gasteiger partial charge in [0, 0.05) is 10.5 Å². The molecule has 0 saturated carbocycles. The minimum Gasteiger partial charge on any atom is -0.380 e. The second kappa shape index (κ2) is 3.24. The van der Waals surface area contributed by atoms with Gasteiger partial charge in [-0.05, 0) is 35.0 Å². The van der Waals surface area contributed by atoms with Crippen LogP contribution in [-0.4, -0.2) is 20.2 Å². The van der Waals surface area contributed by atoms with Crippen LogP contribution in [0.15, 0.2) is 27.6 Å². The number of nitrogens with one attached hydrogen (secondary N) is 1. The summed E-state index contributed by atoms with van der Waals surface area (Å²) in [5, 5.41) is 3.15. The van der Waals surface area contributed by atoms with Gasteiger partial charge in [-0.2, -0.15) is 0 Å². The lowest BCUT2D eigenvalue weighted by atomic mass is 10.3. The summed E-state index contributed by atoms with van der Waals surface area (Å²) in [5.41, 5.74) is 0.693. The topological polar surface area (TPSA) is 46.2 Å². The molecule has 0 amide bonds. The lowest BCUT2D eigenvalue weighted by Crippen LogP contribution is -2.31. The smallest absolute Gasteiger partial charge is 0.183 e. The predicted octanol–water partition coefficient (Wildman–Crippen LogP) is 2.04. The van der Waals surface area contributed by atoms with E-state index in [2.05, 4.69) is 21.2 Å². The van der Waals surface area contributed by atoms with Gasteiger partial charge in [0.15, 0.2) is 9.84 Å². The number of anilines is 1. The molecule has 76 valence electrons. The van der Waals surface area contributed by atoms with Crippen LogP contribution in [0.1, 0.15) is 6.92 Å². The Bertz CT molecular complexity index is 470. The summed E-state index contributed by atoms with van der Waals surface area (Å²) in [4.78, 5) is 0.387. The average molecular weight is 276 g/mol. The molecule has 0 radical (unpaired) electrons. The molecule has 1 aliphatic heterocycles. The third-order valence-electron chi connectivity index (χ3n) is 2.15. The Kier molecular flexibility index (Phi) is 2.31. The summed E-state index contributed by atoms with van der Waals surface area (Å²) in [6, 6.07) is 5.33. The van der Waals surface area contributed by atoms with Crippen LogP contribution in [0.25, 0.3) is 0 Å². The van der Waals surface area contributed by atoms with Gasteiger partial charge in [-0.25, -0.2) is 8.42 Å². The van der Waals surface area contributed by atoms with E-state index in [9.17, 15) is 8.42 Å². The van der Waals surface area contributed by atoms with Crippen LogP contribution in [0, 0.1) is 0 Å². The summed E-state index contributed by atoms with van der Waals surface area (Å²) >= 11 is 3.26. The van der Waals surface area contributed by atoms with Gasteiger partial charge in [0.2, 0.25) is 0 Å². The monoisotopic (exact) mass is 275 g/mol. The van der Waals surface area contributed by atoms with E-state index in [1.807, 2.05) is 13.0 Å². The van der Waals surface area contributed by atoms with Gasteiger partial charge in [-0.3, -0.25) is 0 Å². The predicted molar refractivity (Wildman–Crippen MR) is 59.3 cm³/mol. The SMILES string of the molecule is CC1CS(=O)(=O)c2c(Br)cccc2N1. The van der Waals surface area contributed by atoms with E-state index in [1.54, 1.807) is 12.1 Å². The van der Waals surface area contributed by atoms with Crippen molar-refractivity contribution in [1.29, 1.82) is 0 Å². The second-order valence-electron chi connectivity index (χ2n) is 3.44. The molecular weight excluding hydrogens is 266 g/mol. The zero-order valence-corrected chi connectivity index (χ0v) is 10.0. The van der Waals surface area contributed by atoms with Crippen molar-refractivity contribution in [3.63, 3.8) is 0 Å². The quantitative estimate of drug-likeness (QED) is 0.788. The molecule has 0 aliphatic carbocycles. The molecule has 5 heteroatoms. The van der Waals surface area contributed by atoms with Crippen LogP contribution in [0.3, 0.4) is 0 Å². The van der Waals surface area contributed by atoms with E-state index in [-0.39, 0.29) is 11.8 Å². The van der Waals surface area contributed by atoms with Gasteiger partial charge in [0.1, 0.15) is 4.90 Å². The third kappa shape index (κ3) is 1.54. The van der Waals surface area contributed by atoms with Gasteiger partial charge in [0.25, 0.3) is 0 Å². The number of halogens is 1. The molecule has 0 spiro atoms. The van der Waals surface area contributed by atoms with Gasteiger partial charge in [-0.1, -0.05) is 6.07 Å². The normalized spacial score (nSPS) is 23.7. The largest absolute Gasteiger partial charge is 0.380 e. The molecule has 1 N–H and O–H groups in total. The molecule has 1 unspecified atom stereocenters. The molecule has 1 aromatic rings. The van der Waals surface area contributed by atoms with E-state index >= 15 is 0 Å². The average Bonchev–Trinajstić information content (AvgIpc) is 2.00. The number of rotatable bonds is 0. The standard InChI is InChI=1S/C9H10BrNO2S/c1-6-5-14(12,13)9-7(10)3-2-4-8(9)11-6/h2-4,6,11H,5H2,1H3. The summed E-state index contributed by atoms with van der Waals surface area (Å²) in [6.07, 6.45) is 0. The number of hydrogen-bond donors (Lipinski definition) is 1. The van der Waals surface area contributed by atoms with E-state index in [4.69, 9.17) is 0 Å². The number of benzene rings is 1. The molecule has 0 saturated heterocycles. The van der Waals surface area contributed by atoms with Crippen LogP contribution in [0.2, 0.25) is 0 Å². The fraction of sp³-hybridized carbons (Fsp3) is 0.333. The molecule has 0 bridgehead atoms. The van der Waals surface area contributed by atoms with Crippen molar-refractivity contribution >= 4 is 31.5 Å². The van der Waals surface area contributed by atoms with Crippen LogP contribution in [0.4, 0.5) is 5.69 Å². The Labute approximate surface area is 91.6 Å². The maximum atomic E-state index is 11.8. The Hall–Kier alpha value is -0.550. The van der Waals surface area contributed by atoms with Crippen LogP contribution >= 0.6 is 15.9 Å². The molecule has 1 aromatic carbocycles. The maximum absolute atomic E-state index is 11.8. The zero-order chi connectivity index (χ0) is 10.3. The Balaban J connectivity index is 2.71. The molecular formula is C9H10BrNO2S. The van der Waals surface area contributed by atoms with Crippen molar-refractivity contribution in [2.75, 3.05) is 11.1 Å². The van der Waals surface area contributed by atoms with E-state index in [0.717, 1.165) is 0 Å². The Morgan fingerprint density at radius 1 is 1.50 bits per heavy atom. The Morgan fingerprint density at radius 2 is 2.21 bits per heavy atom. The molecule has 2 rings (SSSR count). The first kappa shape index (κ1) is 9.98. The minimum absolute atomic E-state index is 0.0261. The van der Waals surface area contributed by atoms with Crippen molar-refractivity contribution in [2.24, 2.45) is 0 Å². The van der Waals surface area contributed by atoms with Gasteiger partial charge < -0.3 is 5.32 Å². The molecule has 0 fully saturated rings. The number of hydrogen-bond acceptors (Lipinski definition) is 3. The van der Waals surface area contributed by atoms with E-state index in [0.29, 0.717) is 15.1 Å². The van der Waals surface area contributed by atoms with Crippen molar-refractivity contribution in [2.45, 2.75) is 17.9 Å². The first-order valence-corrected chi connectivity index (χ1v) is 6.73. The zero-order valence-electron chi connectivity index (χ0n) is 7.62. The lowest BCUT2D eigenvalue weighted by Gasteiger charge is -2.24. The summed E-state index contributed by atoms with van der Waals surface area (Å²) in [6.45, 7) is 1.86. The highest BCUT2D eigenvalue weighted by Gasteiger charge is 2.29. The van der Waals surface area contributed by atoms with E-state index in [1.165, 1.54) is 0 Å². The van der Waals surface area contributed by atoms with Crippen LogP contribution in [0.5, 0.6) is 0 Å². The highest BCUT2D eigenvalue weighted by atomic mass is 79.9. The van der Waals surface area contributed by atoms with Crippen molar-refractivity contribution < 1.29 is 8.42 Å². The summed E-state index contributed by atoms with van der Waals surface area (Å²) in [5.74, 6) is 0.155. The molecule has 0 aromatic heterocycles. The molecule has 14 heavy (non-hydrogen) atoms. The van der Waals surface area contributed by atoms with Crippen molar-refractivity contribution in [3.05, 3.63) is 22.7 Å². The maximum Gasteiger partial charge on any atom is 0.183 e. The number of fused-ring (bicyclic) bond motifs is 1. The highest BCUT2D eigenvalue weighted by molar-refractivity contribution is 9.10. The number of sulfone groups is 1. The van der Waals surface area contributed by atoms with Crippen LogP contribution < -0.4 is 5.32 Å². The Morgan fingerprint density at radius 3 is 2.93 bits per heavy atom. The lowest BCUT2D eigenvalue weighted by molar-refractivity contribution is 0.588.